The highest BCUT2D eigenvalue weighted by molar-refractivity contribution is 6.03. The number of hydrogen-bond donors (Lipinski definition) is 2. The second-order valence-electron chi connectivity index (χ2n) is 5.46. The lowest BCUT2D eigenvalue weighted by atomic mass is 10.1. The minimum Gasteiger partial charge on any atom is -0.371 e. The zero-order chi connectivity index (χ0) is 13.4. The quantitative estimate of drug-likeness (QED) is 0.851. The summed E-state index contributed by atoms with van der Waals surface area (Å²) in [5, 5.41) is 6.01. The second-order valence-corrected chi connectivity index (χ2v) is 5.46. The second kappa shape index (κ2) is 4.85. The number of fused-ring (bicyclic) bond motifs is 1. The molecule has 0 radical (unpaired) electrons. The van der Waals surface area contributed by atoms with Crippen LogP contribution < -0.4 is 15.5 Å². The van der Waals surface area contributed by atoms with E-state index in [0.29, 0.717) is 0 Å². The molecule has 102 valence electrons. The molecule has 1 heterocycles. The van der Waals surface area contributed by atoms with E-state index in [2.05, 4.69) is 40.7 Å². The summed E-state index contributed by atoms with van der Waals surface area (Å²) in [6.07, 6.45) is 2.72. The maximum Gasteiger partial charge on any atom is 0.246 e. The van der Waals surface area contributed by atoms with E-state index in [0.717, 1.165) is 30.3 Å². The molecule has 1 aliphatic heterocycles. The Morgan fingerprint density at radius 1 is 1.42 bits per heavy atom. The smallest absolute Gasteiger partial charge is 0.246 e. The van der Waals surface area contributed by atoms with Crippen LogP contribution in [0.15, 0.2) is 18.2 Å². The van der Waals surface area contributed by atoms with E-state index >= 15 is 0 Å². The molecule has 0 aromatic heterocycles. The molecule has 1 fully saturated rings. The molecule has 1 atom stereocenters. The maximum absolute atomic E-state index is 11.8. The van der Waals surface area contributed by atoms with Gasteiger partial charge in [0.05, 0.1) is 0 Å². The number of amides is 1. The summed E-state index contributed by atoms with van der Waals surface area (Å²) in [5.74, 6) is 0.910. The van der Waals surface area contributed by atoms with Crippen LogP contribution >= 0.6 is 0 Å². The highest BCUT2D eigenvalue weighted by Crippen LogP contribution is 2.36. The lowest BCUT2D eigenvalue weighted by Crippen LogP contribution is -2.25. The first-order valence-electron chi connectivity index (χ1n) is 7.10. The zero-order valence-electron chi connectivity index (χ0n) is 11.6. The van der Waals surface area contributed by atoms with E-state index in [1.54, 1.807) is 0 Å². The van der Waals surface area contributed by atoms with Crippen molar-refractivity contribution in [1.82, 2.24) is 5.32 Å². The Bertz CT molecular complexity index is 496. The largest absolute Gasteiger partial charge is 0.371 e. The predicted molar refractivity (Wildman–Crippen MR) is 77.5 cm³/mol. The van der Waals surface area contributed by atoms with Crippen molar-refractivity contribution in [3.63, 3.8) is 0 Å². The summed E-state index contributed by atoms with van der Waals surface area (Å²) in [7, 11) is 1.82. The van der Waals surface area contributed by atoms with E-state index in [-0.39, 0.29) is 11.9 Å². The molecule has 4 heteroatoms. The number of anilines is 2. The summed E-state index contributed by atoms with van der Waals surface area (Å²) < 4.78 is 0. The molecule has 1 aliphatic carbocycles. The van der Waals surface area contributed by atoms with Crippen LogP contribution in [0.4, 0.5) is 11.4 Å². The van der Waals surface area contributed by atoms with Crippen LogP contribution in [0.25, 0.3) is 0 Å². The molecular formula is C15H21N3O. The normalized spacial score (nSPS) is 21.2. The Labute approximate surface area is 114 Å². The van der Waals surface area contributed by atoms with Gasteiger partial charge in [0.25, 0.3) is 0 Å². The molecule has 0 spiro atoms. The van der Waals surface area contributed by atoms with Crippen LogP contribution in [-0.2, 0) is 4.79 Å². The molecule has 2 aliphatic rings. The molecular weight excluding hydrogens is 238 g/mol. The van der Waals surface area contributed by atoms with E-state index in [1.807, 2.05) is 7.05 Å². The van der Waals surface area contributed by atoms with Gasteiger partial charge in [-0.1, -0.05) is 6.07 Å². The van der Waals surface area contributed by atoms with Crippen molar-refractivity contribution >= 4 is 17.3 Å². The minimum atomic E-state index is -0.206. The molecule has 2 N–H and O–H groups in total. The number of carbonyl (C=O) groups is 1. The fourth-order valence-electron chi connectivity index (χ4n) is 2.76. The molecule has 1 unspecified atom stereocenters. The van der Waals surface area contributed by atoms with E-state index in [1.165, 1.54) is 18.5 Å². The topological polar surface area (TPSA) is 44.4 Å². The molecule has 3 rings (SSSR count). The molecule has 1 aromatic rings. The third-order valence-corrected chi connectivity index (χ3v) is 4.08. The number of nitrogens with zero attached hydrogens (tertiary/aromatic N) is 1. The Hall–Kier alpha value is -1.55. The van der Waals surface area contributed by atoms with Gasteiger partial charge in [0.2, 0.25) is 5.91 Å². The molecule has 1 amide bonds. The van der Waals surface area contributed by atoms with Gasteiger partial charge in [0.15, 0.2) is 0 Å². The number of rotatable bonds is 5. The van der Waals surface area contributed by atoms with Gasteiger partial charge >= 0.3 is 0 Å². The Morgan fingerprint density at radius 3 is 2.84 bits per heavy atom. The van der Waals surface area contributed by atoms with Crippen molar-refractivity contribution in [1.29, 1.82) is 0 Å². The SMILES string of the molecule is CCN(CC1CC1)c1ccc2c(c1)NC(=O)C2NC. The number of benzene rings is 1. The molecule has 0 saturated heterocycles. The van der Waals surface area contributed by atoms with Crippen molar-refractivity contribution in [2.45, 2.75) is 25.8 Å². The summed E-state index contributed by atoms with van der Waals surface area (Å²) in [4.78, 5) is 14.2. The summed E-state index contributed by atoms with van der Waals surface area (Å²) in [6, 6.07) is 6.10. The van der Waals surface area contributed by atoms with Gasteiger partial charge in [0, 0.05) is 30.0 Å². The van der Waals surface area contributed by atoms with Gasteiger partial charge in [0.1, 0.15) is 6.04 Å². The highest BCUT2D eigenvalue weighted by Gasteiger charge is 2.30. The maximum atomic E-state index is 11.8. The summed E-state index contributed by atoms with van der Waals surface area (Å²) in [5.41, 5.74) is 3.22. The summed E-state index contributed by atoms with van der Waals surface area (Å²) >= 11 is 0. The molecule has 1 aromatic carbocycles. The van der Waals surface area contributed by atoms with E-state index < -0.39 is 0 Å². The van der Waals surface area contributed by atoms with Crippen LogP contribution in [0.1, 0.15) is 31.4 Å². The van der Waals surface area contributed by atoms with Crippen molar-refractivity contribution < 1.29 is 4.79 Å². The van der Waals surface area contributed by atoms with Gasteiger partial charge < -0.3 is 15.5 Å². The molecule has 1 saturated carbocycles. The zero-order valence-corrected chi connectivity index (χ0v) is 11.6. The molecule has 19 heavy (non-hydrogen) atoms. The van der Waals surface area contributed by atoms with Crippen LogP contribution in [-0.4, -0.2) is 26.0 Å². The van der Waals surface area contributed by atoms with Crippen molar-refractivity contribution in [3.8, 4) is 0 Å². The van der Waals surface area contributed by atoms with E-state index in [4.69, 9.17) is 0 Å². The van der Waals surface area contributed by atoms with Crippen LogP contribution in [0, 0.1) is 5.92 Å². The monoisotopic (exact) mass is 259 g/mol. The lowest BCUT2D eigenvalue weighted by Gasteiger charge is -2.23. The third-order valence-electron chi connectivity index (χ3n) is 4.08. The van der Waals surface area contributed by atoms with Crippen LogP contribution in [0.3, 0.4) is 0 Å². The number of hydrogen-bond acceptors (Lipinski definition) is 3. The summed E-state index contributed by atoms with van der Waals surface area (Å²) in [6.45, 7) is 4.34. The first kappa shape index (κ1) is 12.5. The number of carbonyl (C=O) groups excluding carboxylic acids is 1. The van der Waals surface area contributed by atoms with Gasteiger partial charge in [-0.2, -0.15) is 0 Å². The molecule has 0 bridgehead atoms. The number of nitrogens with one attached hydrogen (secondary N) is 2. The standard InChI is InChI=1S/C15H21N3O/c1-3-18(9-10-4-5-10)11-6-7-12-13(8-11)17-15(19)14(12)16-2/h6-8,10,14,16H,3-5,9H2,1-2H3,(H,17,19). The number of likely N-dealkylation sites (N-methyl/N-ethyl adjacent to an activating group) is 1. The van der Waals surface area contributed by atoms with E-state index in [9.17, 15) is 4.79 Å². The first-order chi connectivity index (χ1) is 9.22. The fraction of sp³-hybridized carbons (Fsp3) is 0.533. The molecule has 4 nitrogen and oxygen atoms in total. The van der Waals surface area contributed by atoms with Gasteiger partial charge in [-0.3, -0.25) is 4.79 Å². The van der Waals surface area contributed by atoms with Crippen LogP contribution in [0.5, 0.6) is 0 Å². The Balaban J connectivity index is 1.85. The average Bonchev–Trinajstić information content (AvgIpc) is 3.17. The highest BCUT2D eigenvalue weighted by atomic mass is 16.2. The average molecular weight is 259 g/mol. The minimum absolute atomic E-state index is 0.0416. The van der Waals surface area contributed by atoms with Gasteiger partial charge in [-0.05, 0) is 44.9 Å². The van der Waals surface area contributed by atoms with Crippen LogP contribution in [0.2, 0.25) is 0 Å². The predicted octanol–water partition coefficient (Wildman–Crippen LogP) is 2.14. The van der Waals surface area contributed by atoms with Crippen molar-refractivity contribution in [2.24, 2.45) is 5.92 Å². The van der Waals surface area contributed by atoms with Crippen molar-refractivity contribution in [2.75, 3.05) is 30.4 Å². The van der Waals surface area contributed by atoms with Gasteiger partial charge in [-0.15, -0.1) is 0 Å². The third kappa shape index (κ3) is 2.32. The lowest BCUT2D eigenvalue weighted by molar-refractivity contribution is -0.117. The first-order valence-corrected chi connectivity index (χ1v) is 7.10. The fourth-order valence-corrected chi connectivity index (χ4v) is 2.76. The van der Waals surface area contributed by atoms with Gasteiger partial charge in [-0.25, -0.2) is 0 Å². The van der Waals surface area contributed by atoms with Crippen molar-refractivity contribution in [3.05, 3.63) is 23.8 Å². The Kier molecular flexibility index (Phi) is 3.19. The Morgan fingerprint density at radius 2 is 2.21 bits per heavy atom.